The van der Waals surface area contributed by atoms with Crippen LogP contribution in [0.2, 0.25) is 0 Å². The Morgan fingerprint density at radius 2 is 2.08 bits per heavy atom. The van der Waals surface area contributed by atoms with Crippen molar-refractivity contribution < 1.29 is 9.66 Å². The van der Waals surface area contributed by atoms with Gasteiger partial charge in [-0.3, -0.25) is 14.8 Å². The Bertz CT molecular complexity index is 780. The molecule has 0 radical (unpaired) electrons. The zero-order valence-electron chi connectivity index (χ0n) is 14.5. The fraction of sp³-hybridized carbons (Fsp3) is 0.368. The van der Waals surface area contributed by atoms with Gasteiger partial charge in [-0.1, -0.05) is 29.5 Å². The molecule has 136 valence electrons. The van der Waals surface area contributed by atoms with Gasteiger partial charge < -0.3 is 4.74 Å². The smallest absolute Gasteiger partial charge is 0.269 e. The standard InChI is InChI=1S/C19H22N4O3/c24-23(25)18-10-8-17(9-11-18)19-14-22(21-20-19)12-4-5-13-26-15-16-6-2-1-3-7-16/h1-3,6,8-11,14,16H,4-5,7,12-13,15H2. The summed E-state index contributed by atoms with van der Waals surface area (Å²) in [7, 11) is 0. The molecule has 0 aliphatic heterocycles. The third-order valence-corrected chi connectivity index (χ3v) is 4.24. The maximum atomic E-state index is 10.7. The number of allylic oxidation sites excluding steroid dienone is 3. The molecule has 0 saturated heterocycles. The molecule has 1 heterocycles. The average molecular weight is 354 g/mol. The van der Waals surface area contributed by atoms with Gasteiger partial charge >= 0.3 is 0 Å². The van der Waals surface area contributed by atoms with Gasteiger partial charge in [-0.05, 0) is 31.4 Å². The van der Waals surface area contributed by atoms with E-state index >= 15 is 0 Å². The van der Waals surface area contributed by atoms with Crippen LogP contribution in [0.3, 0.4) is 0 Å². The number of rotatable bonds is 9. The number of nitro benzene ring substituents is 1. The second kappa shape index (κ2) is 9.05. The van der Waals surface area contributed by atoms with Crippen LogP contribution in [0.5, 0.6) is 0 Å². The fourth-order valence-electron chi connectivity index (χ4n) is 2.76. The van der Waals surface area contributed by atoms with Crippen molar-refractivity contribution in [1.29, 1.82) is 0 Å². The molecule has 0 bridgehead atoms. The Morgan fingerprint density at radius 1 is 1.23 bits per heavy atom. The van der Waals surface area contributed by atoms with Crippen molar-refractivity contribution in [2.75, 3.05) is 13.2 Å². The van der Waals surface area contributed by atoms with E-state index in [-0.39, 0.29) is 5.69 Å². The Balaban J connectivity index is 1.37. The molecule has 3 rings (SSSR count). The molecule has 0 amide bonds. The summed E-state index contributed by atoms with van der Waals surface area (Å²) in [6.45, 7) is 2.29. The number of benzene rings is 1. The van der Waals surface area contributed by atoms with Crippen LogP contribution in [0.25, 0.3) is 11.3 Å². The quantitative estimate of drug-likeness (QED) is 0.389. The lowest BCUT2D eigenvalue weighted by atomic mass is 10.0. The van der Waals surface area contributed by atoms with Crippen molar-refractivity contribution in [3.8, 4) is 11.3 Å². The van der Waals surface area contributed by atoms with Crippen LogP contribution in [0.1, 0.15) is 19.3 Å². The lowest BCUT2D eigenvalue weighted by molar-refractivity contribution is -0.384. The van der Waals surface area contributed by atoms with Crippen LogP contribution in [0.15, 0.2) is 54.8 Å². The Morgan fingerprint density at radius 3 is 2.81 bits per heavy atom. The number of unbranched alkanes of at least 4 members (excludes halogenated alkanes) is 1. The minimum absolute atomic E-state index is 0.0703. The molecule has 26 heavy (non-hydrogen) atoms. The van der Waals surface area contributed by atoms with Gasteiger partial charge in [-0.2, -0.15) is 0 Å². The lowest BCUT2D eigenvalue weighted by Gasteiger charge is -2.13. The van der Waals surface area contributed by atoms with E-state index in [0.29, 0.717) is 11.6 Å². The van der Waals surface area contributed by atoms with Gasteiger partial charge in [0.15, 0.2) is 0 Å². The van der Waals surface area contributed by atoms with Gasteiger partial charge in [-0.15, -0.1) is 5.10 Å². The van der Waals surface area contributed by atoms with Gasteiger partial charge in [0.05, 0.1) is 17.7 Å². The van der Waals surface area contributed by atoms with Gasteiger partial charge in [0.25, 0.3) is 5.69 Å². The van der Waals surface area contributed by atoms with Crippen LogP contribution in [-0.2, 0) is 11.3 Å². The largest absolute Gasteiger partial charge is 0.381 e. The van der Waals surface area contributed by atoms with Crippen molar-refractivity contribution in [2.45, 2.75) is 25.8 Å². The first-order valence-corrected chi connectivity index (χ1v) is 8.78. The molecule has 1 aliphatic rings. The van der Waals surface area contributed by atoms with Crippen LogP contribution in [0.4, 0.5) is 5.69 Å². The van der Waals surface area contributed by atoms with E-state index in [0.717, 1.165) is 44.6 Å². The summed E-state index contributed by atoms with van der Waals surface area (Å²) < 4.78 is 7.53. The fourth-order valence-corrected chi connectivity index (χ4v) is 2.76. The van der Waals surface area contributed by atoms with Crippen LogP contribution < -0.4 is 0 Å². The summed E-state index contributed by atoms with van der Waals surface area (Å²) in [5.41, 5.74) is 1.61. The predicted octanol–water partition coefficient (Wildman–Crippen LogP) is 3.78. The van der Waals surface area contributed by atoms with Crippen molar-refractivity contribution in [3.63, 3.8) is 0 Å². The predicted molar refractivity (Wildman–Crippen MR) is 98.6 cm³/mol. The number of hydrogen-bond acceptors (Lipinski definition) is 5. The maximum absolute atomic E-state index is 10.7. The van der Waals surface area contributed by atoms with Crippen molar-refractivity contribution >= 4 is 5.69 Å². The molecule has 0 saturated carbocycles. The Kier molecular flexibility index (Phi) is 6.27. The molecule has 0 fully saturated rings. The van der Waals surface area contributed by atoms with E-state index < -0.39 is 4.92 Å². The summed E-state index contributed by atoms with van der Waals surface area (Å²) >= 11 is 0. The number of non-ortho nitro benzene ring substituents is 1. The van der Waals surface area contributed by atoms with Crippen LogP contribution in [-0.4, -0.2) is 33.1 Å². The van der Waals surface area contributed by atoms with E-state index in [2.05, 4.69) is 34.6 Å². The van der Waals surface area contributed by atoms with E-state index in [1.165, 1.54) is 12.1 Å². The molecule has 7 heteroatoms. The number of aryl methyl sites for hydroxylation is 1. The minimum atomic E-state index is -0.413. The highest BCUT2D eigenvalue weighted by molar-refractivity contribution is 5.59. The van der Waals surface area contributed by atoms with Crippen LogP contribution >= 0.6 is 0 Å². The first-order chi connectivity index (χ1) is 12.7. The topological polar surface area (TPSA) is 83.1 Å². The van der Waals surface area contributed by atoms with E-state index in [1.54, 1.807) is 16.8 Å². The third-order valence-electron chi connectivity index (χ3n) is 4.24. The van der Waals surface area contributed by atoms with Crippen LogP contribution in [0, 0.1) is 16.0 Å². The monoisotopic (exact) mass is 354 g/mol. The van der Waals surface area contributed by atoms with Gasteiger partial charge in [0, 0.05) is 36.8 Å². The highest BCUT2D eigenvalue weighted by atomic mass is 16.6. The molecule has 7 nitrogen and oxygen atoms in total. The molecule has 1 aromatic carbocycles. The summed E-state index contributed by atoms with van der Waals surface area (Å²) in [6.07, 6.45) is 13.4. The minimum Gasteiger partial charge on any atom is -0.381 e. The SMILES string of the molecule is O=[N+]([O-])c1ccc(-c2cn(CCCCOCC3C=CC=CC3)nn2)cc1. The van der Waals surface area contributed by atoms with Crippen molar-refractivity contribution in [2.24, 2.45) is 5.92 Å². The first-order valence-electron chi connectivity index (χ1n) is 8.78. The molecule has 1 aromatic heterocycles. The molecule has 1 unspecified atom stereocenters. The van der Waals surface area contributed by atoms with E-state index in [4.69, 9.17) is 4.74 Å². The first kappa shape index (κ1) is 18.0. The number of nitro groups is 1. The highest BCUT2D eigenvalue weighted by Crippen LogP contribution is 2.20. The number of hydrogen-bond donors (Lipinski definition) is 0. The molecule has 2 aromatic rings. The zero-order chi connectivity index (χ0) is 18.2. The zero-order valence-corrected chi connectivity index (χ0v) is 14.5. The van der Waals surface area contributed by atoms with Gasteiger partial charge in [-0.25, -0.2) is 0 Å². The maximum Gasteiger partial charge on any atom is 0.269 e. The summed E-state index contributed by atoms with van der Waals surface area (Å²) in [5, 5.41) is 18.9. The molecule has 1 aliphatic carbocycles. The van der Waals surface area contributed by atoms with Gasteiger partial charge in [0.1, 0.15) is 5.69 Å². The molecule has 1 atom stereocenters. The normalized spacial score (nSPS) is 16.1. The summed E-state index contributed by atoms with van der Waals surface area (Å²) in [4.78, 5) is 10.3. The summed E-state index contributed by atoms with van der Waals surface area (Å²) in [6, 6.07) is 6.33. The number of nitrogens with zero attached hydrogens (tertiary/aromatic N) is 4. The molecule has 0 spiro atoms. The molecular formula is C19H22N4O3. The van der Waals surface area contributed by atoms with E-state index in [9.17, 15) is 10.1 Å². The second-order valence-corrected chi connectivity index (χ2v) is 6.26. The second-order valence-electron chi connectivity index (χ2n) is 6.26. The molecular weight excluding hydrogens is 332 g/mol. The lowest BCUT2D eigenvalue weighted by Crippen LogP contribution is -2.09. The summed E-state index contributed by atoms with van der Waals surface area (Å²) in [5.74, 6) is 0.500. The molecule has 0 N–H and O–H groups in total. The Hall–Kier alpha value is -2.80. The van der Waals surface area contributed by atoms with Crippen molar-refractivity contribution in [3.05, 3.63) is 64.9 Å². The third kappa shape index (κ3) is 5.10. The van der Waals surface area contributed by atoms with Gasteiger partial charge in [0.2, 0.25) is 0 Å². The van der Waals surface area contributed by atoms with E-state index in [1.807, 2.05) is 6.20 Å². The Labute approximate surface area is 152 Å². The highest BCUT2D eigenvalue weighted by Gasteiger charge is 2.08. The average Bonchev–Trinajstić information content (AvgIpc) is 3.14. The number of aromatic nitrogens is 3. The number of ether oxygens (including phenoxy) is 1. The van der Waals surface area contributed by atoms with Crippen molar-refractivity contribution in [1.82, 2.24) is 15.0 Å².